The number of hydrogen-bond acceptors (Lipinski definition) is 10. The van der Waals surface area contributed by atoms with Gasteiger partial charge in [-0.3, -0.25) is 4.79 Å². The maximum Gasteiger partial charge on any atom is 0.421 e. The Morgan fingerprint density at radius 3 is 2.03 bits per heavy atom. The maximum atomic E-state index is 13.4. The van der Waals surface area contributed by atoms with E-state index in [1.807, 2.05) is 12.1 Å². The summed E-state index contributed by atoms with van der Waals surface area (Å²) in [6, 6.07) is 10.4. The van der Waals surface area contributed by atoms with Crippen molar-refractivity contribution < 1.29 is 19.2 Å². The van der Waals surface area contributed by atoms with Gasteiger partial charge in [0, 0.05) is 5.56 Å². The van der Waals surface area contributed by atoms with Crippen LogP contribution in [-0.2, 0) is 9.68 Å². The first-order valence-corrected chi connectivity index (χ1v) is 9.41. The lowest BCUT2D eigenvalue weighted by Crippen LogP contribution is -2.42. The van der Waals surface area contributed by atoms with Crippen LogP contribution in [0.25, 0.3) is 0 Å². The van der Waals surface area contributed by atoms with Gasteiger partial charge in [-0.1, -0.05) is 10.3 Å². The van der Waals surface area contributed by atoms with Crippen LogP contribution in [-0.4, -0.2) is 36.1 Å². The Bertz CT molecular complexity index is 1070. The fraction of sp³-hybridized carbons (Fsp3) is 0.429. The number of carbonyl (C=O) groups excluding carboxylic acids is 1. The Morgan fingerprint density at radius 1 is 1.06 bits per heavy atom. The van der Waals surface area contributed by atoms with Crippen molar-refractivity contribution in [2.24, 2.45) is 37.8 Å². The van der Waals surface area contributed by atoms with E-state index in [2.05, 4.69) is 15.3 Å². The third-order valence-corrected chi connectivity index (χ3v) is 5.27. The number of benzene rings is 1. The van der Waals surface area contributed by atoms with Gasteiger partial charge in [-0.25, -0.2) is 0 Å². The smallest absolute Gasteiger partial charge is 0.421 e. The molecule has 2 aliphatic rings. The molecule has 3 atom stereocenters. The molecule has 1 aromatic carbocycles. The molecule has 1 aliphatic heterocycles. The van der Waals surface area contributed by atoms with Crippen molar-refractivity contribution in [3.05, 3.63) is 29.8 Å². The molecule has 0 aromatic heterocycles. The van der Waals surface area contributed by atoms with E-state index in [0.717, 1.165) is 0 Å². The average Bonchev–Trinajstić information content (AvgIpc) is 3.33. The molecule has 1 saturated carbocycles. The summed E-state index contributed by atoms with van der Waals surface area (Å²) in [5.74, 6) is -3.55. The molecule has 160 valence electrons. The summed E-state index contributed by atoms with van der Waals surface area (Å²) in [4.78, 5) is 28.7. The van der Waals surface area contributed by atoms with Crippen LogP contribution in [0.2, 0.25) is 0 Å². The predicted molar refractivity (Wildman–Crippen MR) is 111 cm³/mol. The second kappa shape index (κ2) is 7.40. The van der Waals surface area contributed by atoms with Gasteiger partial charge in [-0.15, -0.1) is 0 Å². The van der Waals surface area contributed by atoms with Gasteiger partial charge in [0.2, 0.25) is 5.41 Å². The van der Waals surface area contributed by atoms with Gasteiger partial charge in [0.1, 0.15) is 11.6 Å². The lowest BCUT2D eigenvalue weighted by atomic mass is 9.94. The summed E-state index contributed by atoms with van der Waals surface area (Å²) >= 11 is 0. The van der Waals surface area contributed by atoms with Crippen LogP contribution in [0.1, 0.15) is 38.1 Å². The molecule has 31 heavy (non-hydrogen) atoms. The van der Waals surface area contributed by atoms with Gasteiger partial charge in [-0.05, 0) is 52.0 Å². The van der Waals surface area contributed by atoms with E-state index in [1.54, 1.807) is 52.0 Å². The zero-order valence-electron chi connectivity index (χ0n) is 17.8. The van der Waals surface area contributed by atoms with Crippen molar-refractivity contribution in [2.75, 3.05) is 7.11 Å². The van der Waals surface area contributed by atoms with E-state index in [4.69, 9.17) is 20.1 Å². The normalized spacial score (nSPS) is 26.8. The van der Waals surface area contributed by atoms with Crippen molar-refractivity contribution >= 4 is 23.0 Å². The number of ketones is 1. The lowest BCUT2D eigenvalue weighted by Gasteiger charge is -2.27. The minimum absolute atomic E-state index is 0.240. The minimum atomic E-state index is -2.19. The van der Waals surface area contributed by atoms with Gasteiger partial charge in [0.25, 0.3) is 0 Å². The van der Waals surface area contributed by atoms with Crippen LogP contribution in [0.15, 0.2) is 39.6 Å². The Kier molecular flexibility index (Phi) is 5.20. The summed E-state index contributed by atoms with van der Waals surface area (Å²) in [6.45, 7) is 6.64. The summed E-state index contributed by atoms with van der Waals surface area (Å²) < 4.78 is 5.12. The molecule has 0 bridgehead atoms. The molecular formula is C21H22N6O4. The third kappa shape index (κ3) is 2.83. The standard InChI is InChI=1S/C21H22N6O4/c1-12(2)26-30-21(31-27-13(3)4)20(11-23)17(19(20,10-22)18(24)25-21)16(28)14-6-8-15(29-5)9-7-14/h6-9,17H,1-5H3,(H2,24,25)/t17-,19+,20-/m1/s1. The van der Waals surface area contributed by atoms with Crippen LogP contribution in [0, 0.1) is 39.4 Å². The topological polar surface area (TPSA) is 155 Å². The number of Topliss-reactive ketones (excluding diaryl/α,β-unsaturated/α-hetero) is 1. The number of nitrogens with zero attached hydrogens (tertiary/aromatic N) is 5. The fourth-order valence-corrected chi connectivity index (χ4v) is 3.85. The number of oxime groups is 2. The largest absolute Gasteiger partial charge is 0.497 e. The van der Waals surface area contributed by atoms with Gasteiger partial charge >= 0.3 is 5.91 Å². The zero-order chi connectivity index (χ0) is 23.0. The first-order valence-electron chi connectivity index (χ1n) is 9.41. The highest BCUT2D eigenvalue weighted by Crippen LogP contribution is 2.78. The molecule has 1 heterocycles. The zero-order valence-corrected chi connectivity index (χ0v) is 17.8. The molecule has 0 radical (unpaired) electrons. The lowest BCUT2D eigenvalue weighted by molar-refractivity contribution is -0.262. The van der Waals surface area contributed by atoms with Crippen LogP contribution in [0.3, 0.4) is 0 Å². The van der Waals surface area contributed by atoms with E-state index < -0.39 is 28.4 Å². The molecule has 1 fully saturated rings. The Morgan fingerprint density at radius 2 is 1.61 bits per heavy atom. The number of hydrogen-bond donors (Lipinski definition) is 1. The number of carbonyl (C=O) groups is 1. The van der Waals surface area contributed by atoms with Gasteiger partial charge < -0.3 is 20.1 Å². The maximum absolute atomic E-state index is 13.4. The van der Waals surface area contributed by atoms with E-state index >= 15 is 0 Å². The predicted octanol–water partition coefficient (Wildman–Crippen LogP) is 2.38. The second-order valence-corrected chi connectivity index (χ2v) is 7.70. The highest BCUT2D eigenvalue weighted by molar-refractivity contribution is 6.12. The van der Waals surface area contributed by atoms with Crippen molar-refractivity contribution in [1.29, 1.82) is 10.5 Å². The molecule has 0 saturated heterocycles. The van der Waals surface area contributed by atoms with Crippen LogP contribution in [0.5, 0.6) is 5.75 Å². The number of aliphatic imine (C=N–C) groups is 1. The second-order valence-electron chi connectivity index (χ2n) is 7.70. The highest BCUT2D eigenvalue weighted by atomic mass is 16.8. The van der Waals surface area contributed by atoms with E-state index in [9.17, 15) is 15.3 Å². The van der Waals surface area contributed by atoms with Crippen LogP contribution >= 0.6 is 0 Å². The summed E-state index contributed by atoms with van der Waals surface area (Å²) in [5, 5.41) is 28.1. The molecule has 1 aromatic rings. The number of nitrogens with two attached hydrogens (primary N) is 1. The van der Waals surface area contributed by atoms with E-state index in [-0.39, 0.29) is 11.4 Å². The molecule has 2 N–H and O–H groups in total. The number of amidine groups is 1. The Labute approximate surface area is 179 Å². The first kappa shape index (κ1) is 21.8. The summed E-state index contributed by atoms with van der Waals surface area (Å²) in [6.07, 6.45) is 0. The number of rotatable bonds is 7. The average molecular weight is 422 g/mol. The van der Waals surface area contributed by atoms with Crippen LogP contribution in [0.4, 0.5) is 0 Å². The minimum Gasteiger partial charge on any atom is -0.497 e. The van der Waals surface area contributed by atoms with Gasteiger partial charge in [-0.2, -0.15) is 15.5 Å². The third-order valence-electron chi connectivity index (χ3n) is 5.27. The number of nitriles is 2. The molecular weight excluding hydrogens is 400 g/mol. The van der Waals surface area contributed by atoms with Crippen LogP contribution < -0.4 is 10.5 Å². The highest BCUT2D eigenvalue weighted by Gasteiger charge is 2.97. The monoisotopic (exact) mass is 422 g/mol. The van der Waals surface area contributed by atoms with Crippen molar-refractivity contribution in [3.63, 3.8) is 0 Å². The van der Waals surface area contributed by atoms with E-state index in [0.29, 0.717) is 17.2 Å². The first-order chi connectivity index (χ1) is 14.7. The fourth-order valence-electron chi connectivity index (χ4n) is 3.85. The number of ether oxygens (including phenoxy) is 1. The van der Waals surface area contributed by atoms with Gasteiger partial charge in [0.15, 0.2) is 11.2 Å². The van der Waals surface area contributed by atoms with Crippen molar-refractivity contribution in [2.45, 2.75) is 33.6 Å². The Balaban J connectivity index is 2.17. The molecule has 1 aliphatic carbocycles. The SMILES string of the molecule is COc1ccc(C(=O)[C@H]2[C@@]3(C#N)C(ON=C(C)C)(ON=C(C)C)N=C(N)[C@]23C#N)cc1. The number of fused-ring (bicyclic) bond motifs is 1. The summed E-state index contributed by atoms with van der Waals surface area (Å²) in [7, 11) is 1.50. The van der Waals surface area contributed by atoms with Crippen molar-refractivity contribution in [3.8, 4) is 17.9 Å². The van der Waals surface area contributed by atoms with Crippen molar-refractivity contribution in [1.82, 2.24) is 0 Å². The Hall–Kier alpha value is -3.92. The molecule has 0 amide bonds. The molecule has 3 rings (SSSR count). The molecule has 10 heteroatoms. The molecule has 0 spiro atoms. The van der Waals surface area contributed by atoms with Gasteiger partial charge in [0.05, 0.1) is 36.6 Å². The molecule has 10 nitrogen and oxygen atoms in total. The molecule has 0 unspecified atom stereocenters. The quantitative estimate of drug-likeness (QED) is 0.306. The summed E-state index contributed by atoms with van der Waals surface area (Å²) in [5.41, 5.74) is 3.76. The van der Waals surface area contributed by atoms with E-state index in [1.165, 1.54) is 7.11 Å². The number of methoxy groups -OCH3 is 1.